The van der Waals surface area contributed by atoms with Crippen LogP contribution in [-0.2, 0) is 40.3 Å². The van der Waals surface area contributed by atoms with Crippen molar-refractivity contribution >= 4 is 16.9 Å². The molecule has 10 nitrogen and oxygen atoms in total. The van der Waals surface area contributed by atoms with Gasteiger partial charge in [-0.05, 0) is 65.8 Å². The Balaban J connectivity index is 1.58. The molecule has 1 atom stereocenters. The summed E-state index contributed by atoms with van der Waals surface area (Å²) in [6.45, 7) is 6.27. The number of H-pyrrole nitrogens is 1. The second kappa shape index (κ2) is 10.7. The first-order valence-electron chi connectivity index (χ1n) is 11.4. The molecular weight excluding hydrogens is 424 g/mol. The first kappa shape index (κ1) is 23.1. The minimum atomic E-state index is -0.394. The quantitative estimate of drug-likeness (QED) is 0.461. The number of tetrazole rings is 1. The SMILES string of the molecule is CCOC(=O)Cn1nnnc1CN(Cc1cc2cc(CC)ccc2[nH]c1=O)C[C@H]1CCCO1. The van der Waals surface area contributed by atoms with E-state index in [4.69, 9.17) is 9.47 Å². The Hall–Kier alpha value is -3.11. The predicted molar refractivity (Wildman–Crippen MR) is 121 cm³/mol. The van der Waals surface area contributed by atoms with Gasteiger partial charge in [0, 0.05) is 30.8 Å². The number of fused-ring (bicyclic) bond motifs is 1. The summed E-state index contributed by atoms with van der Waals surface area (Å²) in [5.74, 6) is 0.140. The molecule has 1 aliphatic rings. The average Bonchev–Trinajstić information content (AvgIpc) is 3.46. The number of hydrogen-bond acceptors (Lipinski definition) is 8. The van der Waals surface area contributed by atoms with E-state index in [1.165, 1.54) is 10.2 Å². The van der Waals surface area contributed by atoms with Crippen molar-refractivity contribution in [1.82, 2.24) is 30.1 Å². The van der Waals surface area contributed by atoms with Crippen LogP contribution in [0.2, 0.25) is 0 Å². The Kier molecular flexibility index (Phi) is 7.46. The number of benzene rings is 1. The molecule has 0 unspecified atom stereocenters. The number of pyridine rings is 1. The second-order valence-corrected chi connectivity index (χ2v) is 8.26. The van der Waals surface area contributed by atoms with Crippen molar-refractivity contribution in [3.8, 4) is 0 Å². The highest BCUT2D eigenvalue weighted by Gasteiger charge is 2.23. The Morgan fingerprint density at radius 1 is 1.30 bits per heavy atom. The predicted octanol–water partition coefficient (Wildman–Crippen LogP) is 1.82. The lowest BCUT2D eigenvalue weighted by Gasteiger charge is -2.24. The molecule has 0 radical (unpaired) electrons. The number of ether oxygens (including phenoxy) is 2. The van der Waals surface area contributed by atoms with E-state index < -0.39 is 5.97 Å². The molecule has 0 amide bonds. The first-order chi connectivity index (χ1) is 16.1. The lowest BCUT2D eigenvalue weighted by molar-refractivity contribution is -0.144. The van der Waals surface area contributed by atoms with Crippen LogP contribution in [-0.4, -0.2) is 61.9 Å². The molecule has 33 heavy (non-hydrogen) atoms. The van der Waals surface area contributed by atoms with Crippen molar-refractivity contribution in [2.45, 2.75) is 58.8 Å². The molecule has 0 saturated carbocycles. The third kappa shape index (κ3) is 5.82. The summed E-state index contributed by atoms with van der Waals surface area (Å²) in [6.07, 6.45) is 3.01. The monoisotopic (exact) mass is 454 g/mol. The summed E-state index contributed by atoms with van der Waals surface area (Å²) in [6, 6.07) is 8.05. The van der Waals surface area contributed by atoms with Gasteiger partial charge in [0.2, 0.25) is 0 Å². The molecule has 0 aliphatic carbocycles. The average molecular weight is 455 g/mol. The van der Waals surface area contributed by atoms with Crippen molar-refractivity contribution in [3.63, 3.8) is 0 Å². The van der Waals surface area contributed by atoms with Gasteiger partial charge in [0.25, 0.3) is 5.56 Å². The van der Waals surface area contributed by atoms with Crippen LogP contribution in [0.15, 0.2) is 29.1 Å². The Labute approximate surface area is 191 Å². The van der Waals surface area contributed by atoms with Gasteiger partial charge in [0.15, 0.2) is 5.82 Å². The molecule has 1 fully saturated rings. The van der Waals surface area contributed by atoms with Crippen LogP contribution < -0.4 is 5.56 Å². The largest absolute Gasteiger partial charge is 0.465 e. The minimum absolute atomic E-state index is 0.0553. The van der Waals surface area contributed by atoms with Crippen LogP contribution in [0.1, 0.15) is 43.6 Å². The number of rotatable bonds is 10. The van der Waals surface area contributed by atoms with Gasteiger partial charge in [-0.1, -0.05) is 13.0 Å². The Morgan fingerprint density at radius 3 is 2.94 bits per heavy atom. The van der Waals surface area contributed by atoms with Gasteiger partial charge in [-0.15, -0.1) is 5.10 Å². The van der Waals surface area contributed by atoms with Crippen molar-refractivity contribution in [2.75, 3.05) is 19.8 Å². The summed E-state index contributed by atoms with van der Waals surface area (Å²) < 4.78 is 12.3. The summed E-state index contributed by atoms with van der Waals surface area (Å²) in [4.78, 5) is 29.8. The van der Waals surface area contributed by atoms with E-state index in [1.807, 2.05) is 18.2 Å². The smallest absolute Gasteiger partial charge is 0.327 e. The first-order valence-corrected chi connectivity index (χ1v) is 11.4. The second-order valence-electron chi connectivity index (χ2n) is 8.26. The molecule has 10 heteroatoms. The minimum Gasteiger partial charge on any atom is -0.465 e. The van der Waals surface area contributed by atoms with Crippen LogP contribution in [0.3, 0.4) is 0 Å². The lowest BCUT2D eigenvalue weighted by Crippen LogP contribution is -2.34. The van der Waals surface area contributed by atoms with Crippen LogP contribution in [0.5, 0.6) is 0 Å². The Bertz CT molecular complexity index is 1150. The number of aromatic amines is 1. The maximum Gasteiger partial charge on any atom is 0.327 e. The lowest BCUT2D eigenvalue weighted by atomic mass is 10.1. The van der Waals surface area contributed by atoms with Gasteiger partial charge in [-0.3, -0.25) is 14.5 Å². The number of carbonyl (C=O) groups excluding carboxylic acids is 1. The van der Waals surface area contributed by atoms with Gasteiger partial charge < -0.3 is 14.5 Å². The molecule has 1 aromatic carbocycles. The van der Waals surface area contributed by atoms with Crippen LogP contribution in [0, 0.1) is 0 Å². The van der Waals surface area contributed by atoms with Crippen molar-refractivity contribution < 1.29 is 14.3 Å². The molecular formula is C23H30N6O4. The molecule has 1 saturated heterocycles. The summed E-state index contributed by atoms with van der Waals surface area (Å²) in [5.41, 5.74) is 2.59. The topological polar surface area (TPSA) is 115 Å². The van der Waals surface area contributed by atoms with Gasteiger partial charge in [0.1, 0.15) is 6.54 Å². The molecule has 3 aromatic rings. The normalized spacial score (nSPS) is 16.0. The fourth-order valence-electron chi connectivity index (χ4n) is 4.13. The van der Waals surface area contributed by atoms with E-state index >= 15 is 0 Å². The molecule has 176 valence electrons. The van der Waals surface area contributed by atoms with Crippen molar-refractivity contribution in [3.05, 3.63) is 51.6 Å². The van der Waals surface area contributed by atoms with Crippen LogP contribution in [0.25, 0.3) is 10.9 Å². The number of carbonyl (C=O) groups is 1. The number of aromatic nitrogens is 5. The fourth-order valence-corrected chi connectivity index (χ4v) is 4.13. The molecule has 0 spiro atoms. The van der Waals surface area contributed by atoms with E-state index in [0.717, 1.165) is 36.8 Å². The van der Waals surface area contributed by atoms with Crippen LogP contribution >= 0.6 is 0 Å². The molecule has 1 aliphatic heterocycles. The summed E-state index contributed by atoms with van der Waals surface area (Å²) in [5, 5.41) is 12.8. The summed E-state index contributed by atoms with van der Waals surface area (Å²) in [7, 11) is 0. The zero-order valence-electron chi connectivity index (χ0n) is 19.1. The highest BCUT2D eigenvalue weighted by Crippen LogP contribution is 2.18. The van der Waals surface area contributed by atoms with Crippen LogP contribution in [0.4, 0.5) is 0 Å². The van der Waals surface area contributed by atoms with E-state index in [-0.39, 0.29) is 18.2 Å². The van der Waals surface area contributed by atoms with E-state index in [2.05, 4.69) is 38.4 Å². The fraction of sp³-hybridized carbons (Fsp3) is 0.522. The molecule has 2 aromatic heterocycles. The third-order valence-electron chi connectivity index (χ3n) is 5.83. The summed E-state index contributed by atoms with van der Waals surface area (Å²) >= 11 is 0. The van der Waals surface area contributed by atoms with E-state index in [1.54, 1.807) is 6.92 Å². The zero-order valence-corrected chi connectivity index (χ0v) is 19.1. The molecule has 3 heterocycles. The van der Waals surface area contributed by atoms with Gasteiger partial charge >= 0.3 is 5.97 Å². The molecule has 0 bridgehead atoms. The number of nitrogens with zero attached hydrogens (tertiary/aromatic N) is 5. The number of esters is 1. The van der Waals surface area contributed by atoms with E-state index in [0.29, 0.717) is 37.6 Å². The Morgan fingerprint density at radius 2 is 2.18 bits per heavy atom. The van der Waals surface area contributed by atoms with E-state index in [9.17, 15) is 9.59 Å². The standard InChI is InChI=1S/C23H30N6O4/c1-3-16-7-8-20-17(10-16)11-18(23(31)24-20)12-28(13-19-6-5-9-33-19)14-21-25-26-27-29(21)15-22(30)32-4-2/h7-8,10-11,19H,3-6,9,12-15H2,1-2H3,(H,24,31)/t19-/m1/s1. The van der Waals surface area contributed by atoms with Gasteiger partial charge in [-0.25, -0.2) is 4.68 Å². The molecule has 4 rings (SSSR count). The number of nitrogens with one attached hydrogen (secondary N) is 1. The number of aryl methyl sites for hydroxylation is 1. The van der Waals surface area contributed by atoms with Gasteiger partial charge in [-0.2, -0.15) is 0 Å². The van der Waals surface area contributed by atoms with Crippen molar-refractivity contribution in [1.29, 1.82) is 0 Å². The zero-order chi connectivity index (χ0) is 23.2. The highest BCUT2D eigenvalue weighted by molar-refractivity contribution is 5.79. The molecule has 1 N–H and O–H groups in total. The maximum absolute atomic E-state index is 12.8. The maximum atomic E-state index is 12.8. The number of hydrogen-bond donors (Lipinski definition) is 1. The van der Waals surface area contributed by atoms with Gasteiger partial charge in [0.05, 0.1) is 19.3 Å². The third-order valence-corrected chi connectivity index (χ3v) is 5.83. The van der Waals surface area contributed by atoms with Crippen molar-refractivity contribution in [2.24, 2.45) is 0 Å². The highest BCUT2D eigenvalue weighted by atomic mass is 16.5.